The summed E-state index contributed by atoms with van der Waals surface area (Å²) in [5.41, 5.74) is 2.43. The van der Waals surface area contributed by atoms with Gasteiger partial charge in [0.15, 0.2) is 0 Å². The molecule has 0 bridgehead atoms. The van der Waals surface area contributed by atoms with Crippen LogP contribution < -0.4 is 0 Å². The van der Waals surface area contributed by atoms with E-state index in [4.69, 9.17) is 4.42 Å². The van der Waals surface area contributed by atoms with Gasteiger partial charge in [-0.2, -0.15) is 0 Å². The lowest BCUT2D eigenvalue weighted by molar-refractivity contribution is 0.556. The molecule has 170 valence electrons. The van der Waals surface area contributed by atoms with Crippen molar-refractivity contribution in [1.29, 1.82) is 0 Å². The summed E-state index contributed by atoms with van der Waals surface area (Å²) in [5.74, 6) is 0. The van der Waals surface area contributed by atoms with Crippen LogP contribution in [0.15, 0.2) is 71.3 Å². The minimum absolute atomic E-state index is 0.958. The van der Waals surface area contributed by atoms with Crippen LogP contribution in [0.2, 0.25) is 0 Å². The van der Waals surface area contributed by atoms with E-state index in [1.165, 1.54) is 114 Å². The summed E-state index contributed by atoms with van der Waals surface area (Å²) in [7, 11) is 0. The Bertz CT molecular complexity index is 1360. The summed E-state index contributed by atoms with van der Waals surface area (Å²) >= 11 is 0. The first-order valence-corrected chi connectivity index (χ1v) is 13.1. The number of aryl methyl sites for hydroxylation is 1. The summed E-state index contributed by atoms with van der Waals surface area (Å²) in [4.78, 5) is 0. The van der Waals surface area contributed by atoms with Crippen molar-refractivity contribution in [3.8, 4) is 0 Å². The second-order valence-corrected chi connectivity index (χ2v) is 9.75. The smallest absolute Gasteiger partial charge is 0.134 e. The number of fused-ring (bicyclic) bond motifs is 6. The number of benzene rings is 4. The van der Waals surface area contributed by atoms with E-state index in [0.29, 0.717) is 0 Å². The third-order valence-corrected chi connectivity index (χ3v) is 7.29. The van der Waals surface area contributed by atoms with Gasteiger partial charge in [-0.3, -0.25) is 0 Å². The van der Waals surface area contributed by atoms with E-state index in [1.807, 2.05) is 0 Å². The van der Waals surface area contributed by atoms with Crippen LogP contribution in [0.5, 0.6) is 0 Å². The highest BCUT2D eigenvalue weighted by Crippen LogP contribution is 2.34. The molecule has 0 aliphatic carbocycles. The fourth-order valence-corrected chi connectivity index (χ4v) is 5.36. The second-order valence-electron chi connectivity index (χ2n) is 9.75. The van der Waals surface area contributed by atoms with Gasteiger partial charge in [-0.15, -0.1) is 0 Å². The highest BCUT2D eigenvalue weighted by atomic mass is 16.3. The van der Waals surface area contributed by atoms with Gasteiger partial charge >= 0.3 is 0 Å². The number of rotatable bonds is 11. The minimum atomic E-state index is 0.958. The summed E-state index contributed by atoms with van der Waals surface area (Å²) in [6.45, 7) is 2.29. The molecule has 4 aromatic carbocycles. The SMILES string of the molecule is CCCCCCCCCCCCc1ccc2cc3c(ccc4c5ccoc5ccc34)cc2c1. The zero-order chi connectivity index (χ0) is 22.5. The average Bonchev–Trinajstić information content (AvgIpc) is 3.33. The van der Waals surface area contributed by atoms with E-state index in [2.05, 4.69) is 67.6 Å². The standard InChI is InChI=1S/C32H36O/c1-2-3-4-5-6-7-8-9-10-11-12-24-13-14-25-23-31-26(22-27(25)21-24)15-16-28-29(31)17-18-32-30(28)19-20-33-32/h13-23H,2-12H2,1H3. The molecule has 5 aromatic rings. The van der Waals surface area contributed by atoms with E-state index in [1.54, 1.807) is 6.26 Å². The Hall–Kier alpha value is -2.80. The molecule has 0 atom stereocenters. The first-order chi connectivity index (χ1) is 16.3. The fourth-order valence-electron chi connectivity index (χ4n) is 5.36. The van der Waals surface area contributed by atoms with Gasteiger partial charge in [0.05, 0.1) is 6.26 Å². The third kappa shape index (κ3) is 4.93. The van der Waals surface area contributed by atoms with Crippen molar-refractivity contribution < 1.29 is 4.42 Å². The normalized spacial score (nSPS) is 11.9. The summed E-state index contributed by atoms with van der Waals surface area (Å²) in [6, 6.07) is 22.7. The van der Waals surface area contributed by atoms with Crippen LogP contribution in [0.3, 0.4) is 0 Å². The van der Waals surface area contributed by atoms with Crippen molar-refractivity contribution in [3.05, 3.63) is 72.5 Å². The van der Waals surface area contributed by atoms with Crippen LogP contribution >= 0.6 is 0 Å². The van der Waals surface area contributed by atoms with E-state index in [0.717, 1.165) is 5.58 Å². The Morgan fingerprint density at radius 1 is 0.515 bits per heavy atom. The van der Waals surface area contributed by atoms with Gasteiger partial charge in [-0.05, 0) is 75.0 Å². The van der Waals surface area contributed by atoms with Gasteiger partial charge in [0.25, 0.3) is 0 Å². The van der Waals surface area contributed by atoms with Crippen molar-refractivity contribution in [1.82, 2.24) is 0 Å². The molecule has 5 rings (SSSR count). The van der Waals surface area contributed by atoms with Crippen molar-refractivity contribution in [2.75, 3.05) is 0 Å². The molecule has 0 saturated heterocycles. The minimum Gasteiger partial charge on any atom is -0.464 e. The predicted octanol–water partition coefficient (Wildman–Crippen LogP) is 10.4. The molecular weight excluding hydrogens is 400 g/mol. The van der Waals surface area contributed by atoms with E-state index in [-0.39, 0.29) is 0 Å². The summed E-state index contributed by atoms with van der Waals surface area (Å²) in [6.07, 6.45) is 16.9. The Morgan fingerprint density at radius 3 is 2.03 bits per heavy atom. The van der Waals surface area contributed by atoms with Crippen LogP contribution in [0.25, 0.3) is 43.3 Å². The van der Waals surface area contributed by atoms with Crippen molar-refractivity contribution in [2.45, 2.75) is 77.6 Å². The molecule has 0 aliphatic rings. The molecule has 0 aliphatic heterocycles. The molecule has 1 nitrogen and oxygen atoms in total. The fraction of sp³-hybridized carbons (Fsp3) is 0.375. The maximum Gasteiger partial charge on any atom is 0.134 e. The van der Waals surface area contributed by atoms with Crippen LogP contribution in [0, 0.1) is 0 Å². The Labute approximate surface area is 197 Å². The molecule has 33 heavy (non-hydrogen) atoms. The molecule has 1 aromatic heterocycles. The van der Waals surface area contributed by atoms with Crippen LogP contribution in [-0.4, -0.2) is 0 Å². The topological polar surface area (TPSA) is 13.1 Å². The summed E-state index contributed by atoms with van der Waals surface area (Å²) in [5, 5.41) is 9.09. The molecule has 0 fully saturated rings. The molecule has 0 saturated carbocycles. The van der Waals surface area contributed by atoms with Gasteiger partial charge < -0.3 is 4.42 Å². The number of hydrogen-bond donors (Lipinski definition) is 0. The number of unbranched alkanes of at least 4 members (excludes halogenated alkanes) is 9. The molecular formula is C32H36O. The molecule has 0 radical (unpaired) electrons. The highest BCUT2D eigenvalue weighted by Gasteiger charge is 2.08. The molecule has 0 spiro atoms. The highest BCUT2D eigenvalue weighted by molar-refractivity contribution is 6.18. The van der Waals surface area contributed by atoms with Crippen molar-refractivity contribution >= 4 is 43.3 Å². The quantitative estimate of drug-likeness (QED) is 0.114. The van der Waals surface area contributed by atoms with Crippen LogP contribution in [0.4, 0.5) is 0 Å². The van der Waals surface area contributed by atoms with E-state index >= 15 is 0 Å². The molecule has 0 N–H and O–H groups in total. The van der Waals surface area contributed by atoms with Gasteiger partial charge in [-0.1, -0.05) is 101 Å². The zero-order valence-electron chi connectivity index (χ0n) is 20.0. The zero-order valence-corrected chi connectivity index (χ0v) is 20.0. The van der Waals surface area contributed by atoms with E-state index in [9.17, 15) is 0 Å². The monoisotopic (exact) mass is 436 g/mol. The third-order valence-electron chi connectivity index (χ3n) is 7.29. The lowest BCUT2D eigenvalue weighted by Gasteiger charge is -2.09. The van der Waals surface area contributed by atoms with Crippen molar-refractivity contribution in [3.63, 3.8) is 0 Å². The Morgan fingerprint density at radius 2 is 1.21 bits per heavy atom. The van der Waals surface area contributed by atoms with Crippen LogP contribution in [-0.2, 0) is 6.42 Å². The Kier molecular flexibility index (Phi) is 6.95. The molecule has 0 amide bonds. The predicted molar refractivity (Wildman–Crippen MR) is 144 cm³/mol. The lowest BCUT2D eigenvalue weighted by Crippen LogP contribution is -1.88. The largest absolute Gasteiger partial charge is 0.464 e. The number of hydrogen-bond acceptors (Lipinski definition) is 1. The van der Waals surface area contributed by atoms with Crippen LogP contribution in [0.1, 0.15) is 76.7 Å². The van der Waals surface area contributed by atoms with Gasteiger partial charge in [-0.25, -0.2) is 0 Å². The number of furan rings is 1. The first kappa shape index (κ1) is 22.0. The Balaban J connectivity index is 1.23. The maximum absolute atomic E-state index is 5.60. The van der Waals surface area contributed by atoms with Gasteiger partial charge in [0, 0.05) is 5.39 Å². The van der Waals surface area contributed by atoms with Crippen molar-refractivity contribution in [2.24, 2.45) is 0 Å². The van der Waals surface area contributed by atoms with Gasteiger partial charge in [0.1, 0.15) is 5.58 Å². The molecule has 1 heteroatoms. The first-order valence-electron chi connectivity index (χ1n) is 13.1. The summed E-state index contributed by atoms with van der Waals surface area (Å²) < 4.78 is 5.60. The maximum atomic E-state index is 5.60. The van der Waals surface area contributed by atoms with Gasteiger partial charge in [0.2, 0.25) is 0 Å². The molecule has 1 heterocycles. The molecule has 0 unspecified atom stereocenters. The van der Waals surface area contributed by atoms with E-state index < -0.39 is 0 Å². The average molecular weight is 437 g/mol. The lowest BCUT2D eigenvalue weighted by atomic mass is 9.95. The second kappa shape index (κ2) is 10.4.